The van der Waals surface area contributed by atoms with Crippen LogP contribution in [0.1, 0.15) is 24.1 Å². The minimum absolute atomic E-state index is 0.814. The second-order valence-electron chi connectivity index (χ2n) is 3.55. The lowest BCUT2D eigenvalue weighted by molar-refractivity contribution is 0.691. The standard InChI is InChI=1S/C11H14ClNS/c12-10-6-8-14-11(10)3-1-2-7-13-9-4-5-9/h1,3,6,8-9,13H,2,4-5,7H2/b3-1+. The maximum Gasteiger partial charge on any atom is 0.0585 e. The predicted molar refractivity (Wildman–Crippen MR) is 64.0 cm³/mol. The van der Waals surface area contributed by atoms with Crippen LogP contribution < -0.4 is 5.32 Å². The van der Waals surface area contributed by atoms with Gasteiger partial charge in [-0.25, -0.2) is 0 Å². The van der Waals surface area contributed by atoms with Crippen molar-refractivity contribution in [3.63, 3.8) is 0 Å². The molecule has 1 aliphatic rings. The molecule has 1 N–H and O–H groups in total. The van der Waals surface area contributed by atoms with Gasteiger partial charge in [-0.05, 0) is 43.3 Å². The maximum absolute atomic E-state index is 5.96. The number of thiophene rings is 1. The van der Waals surface area contributed by atoms with Crippen molar-refractivity contribution >= 4 is 29.0 Å². The van der Waals surface area contributed by atoms with Crippen molar-refractivity contribution in [1.82, 2.24) is 5.32 Å². The van der Waals surface area contributed by atoms with Crippen LogP contribution in [0.3, 0.4) is 0 Å². The molecule has 0 aromatic carbocycles. The van der Waals surface area contributed by atoms with Gasteiger partial charge in [-0.15, -0.1) is 11.3 Å². The average Bonchev–Trinajstić information content (AvgIpc) is 2.91. The zero-order chi connectivity index (χ0) is 9.80. The first-order chi connectivity index (χ1) is 6.86. The first-order valence-corrected chi connectivity index (χ1v) is 6.25. The Morgan fingerprint density at radius 1 is 1.57 bits per heavy atom. The largest absolute Gasteiger partial charge is 0.314 e. The van der Waals surface area contributed by atoms with Gasteiger partial charge in [0.25, 0.3) is 0 Å². The van der Waals surface area contributed by atoms with Crippen molar-refractivity contribution in [2.75, 3.05) is 6.54 Å². The van der Waals surface area contributed by atoms with Crippen molar-refractivity contribution in [2.45, 2.75) is 25.3 Å². The molecule has 1 fully saturated rings. The zero-order valence-corrected chi connectivity index (χ0v) is 9.57. The number of hydrogen-bond donors (Lipinski definition) is 1. The van der Waals surface area contributed by atoms with Crippen molar-refractivity contribution in [3.8, 4) is 0 Å². The fourth-order valence-corrected chi connectivity index (χ4v) is 2.31. The first-order valence-electron chi connectivity index (χ1n) is 4.99. The SMILES string of the molecule is Clc1ccsc1/C=C/CCNC1CC1. The maximum atomic E-state index is 5.96. The lowest BCUT2D eigenvalue weighted by Gasteiger charge is -1.96. The quantitative estimate of drug-likeness (QED) is 0.759. The third kappa shape index (κ3) is 3.12. The van der Waals surface area contributed by atoms with E-state index in [1.54, 1.807) is 11.3 Å². The third-order valence-corrected chi connectivity index (χ3v) is 3.56. The van der Waals surface area contributed by atoms with Crippen LogP contribution in [0.25, 0.3) is 6.08 Å². The molecule has 1 aromatic heterocycles. The van der Waals surface area contributed by atoms with Crippen molar-refractivity contribution in [3.05, 3.63) is 27.4 Å². The monoisotopic (exact) mass is 227 g/mol. The lowest BCUT2D eigenvalue weighted by atomic mass is 10.3. The molecule has 14 heavy (non-hydrogen) atoms. The minimum Gasteiger partial charge on any atom is -0.314 e. The van der Waals surface area contributed by atoms with Crippen LogP contribution in [0.15, 0.2) is 17.5 Å². The zero-order valence-electron chi connectivity index (χ0n) is 8.00. The molecular weight excluding hydrogens is 214 g/mol. The third-order valence-electron chi connectivity index (χ3n) is 2.24. The van der Waals surface area contributed by atoms with Crippen molar-refractivity contribution in [1.29, 1.82) is 0 Å². The summed E-state index contributed by atoms with van der Waals surface area (Å²) in [7, 11) is 0. The molecule has 1 heterocycles. The molecule has 0 radical (unpaired) electrons. The first kappa shape index (κ1) is 10.2. The van der Waals surface area contributed by atoms with Gasteiger partial charge in [0.05, 0.1) is 5.02 Å². The molecule has 1 aliphatic carbocycles. The highest BCUT2D eigenvalue weighted by Gasteiger charge is 2.19. The molecule has 1 saturated carbocycles. The molecule has 1 nitrogen and oxygen atoms in total. The highest BCUT2D eigenvalue weighted by atomic mass is 35.5. The second-order valence-corrected chi connectivity index (χ2v) is 4.91. The van der Waals surface area contributed by atoms with Crippen molar-refractivity contribution < 1.29 is 0 Å². The van der Waals surface area contributed by atoms with Crippen LogP contribution in [-0.2, 0) is 0 Å². The molecule has 0 spiro atoms. The van der Waals surface area contributed by atoms with E-state index in [-0.39, 0.29) is 0 Å². The molecule has 0 atom stereocenters. The number of rotatable bonds is 5. The number of nitrogens with one attached hydrogen (secondary N) is 1. The summed E-state index contributed by atoms with van der Waals surface area (Å²) in [6.45, 7) is 1.09. The van der Waals surface area contributed by atoms with Gasteiger partial charge in [-0.2, -0.15) is 0 Å². The molecule has 0 bridgehead atoms. The Morgan fingerprint density at radius 2 is 2.43 bits per heavy atom. The van der Waals surface area contributed by atoms with E-state index in [0.717, 1.165) is 28.9 Å². The van der Waals surface area contributed by atoms with Gasteiger partial charge in [0, 0.05) is 10.9 Å². The Kier molecular flexibility index (Phi) is 3.62. The average molecular weight is 228 g/mol. The lowest BCUT2D eigenvalue weighted by Crippen LogP contribution is -2.16. The van der Waals surface area contributed by atoms with E-state index < -0.39 is 0 Å². The topological polar surface area (TPSA) is 12.0 Å². The minimum atomic E-state index is 0.814. The second kappa shape index (κ2) is 4.96. The van der Waals surface area contributed by atoms with Crippen LogP contribution >= 0.6 is 22.9 Å². The van der Waals surface area contributed by atoms with Gasteiger partial charge in [0.2, 0.25) is 0 Å². The van der Waals surface area contributed by atoms with E-state index in [1.165, 1.54) is 12.8 Å². The summed E-state index contributed by atoms with van der Waals surface area (Å²) in [6, 6.07) is 2.75. The van der Waals surface area contributed by atoms with Gasteiger partial charge >= 0.3 is 0 Å². The number of halogens is 1. The van der Waals surface area contributed by atoms with Crippen LogP contribution in [0.4, 0.5) is 0 Å². The molecule has 76 valence electrons. The highest BCUT2D eigenvalue weighted by molar-refractivity contribution is 7.11. The number of hydrogen-bond acceptors (Lipinski definition) is 2. The smallest absolute Gasteiger partial charge is 0.0585 e. The Balaban J connectivity index is 1.68. The van der Waals surface area contributed by atoms with Crippen LogP contribution in [-0.4, -0.2) is 12.6 Å². The van der Waals surface area contributed by atoms with E-state index >= 15 is 0 Å². The van der Waals surface area contributed by atoms with E-state index in [9.17, 15) is 0 Å². The van der Waals surface area contributed by atoms with Crippen LogP contribution in [0, 0.1) is 0 Å². The summed E-state index contributed by atoms with van der Waals surface area (Å²) in [5, 5.41) is 6.35. The summed E-state index contributed by atoms with van der Waals surface area (Å²) in [5.41, 5.74) is 0. The van der Waals surface area contributed by atoms with E-state index in [4.69, 9.17) is 11.6 Å². The Morgan fingerprint density at radius 3 is 3.07 bits per heavy atom. The van der Waals surface area contributed by atoms with Crippen LogP contribution in [0.5, 0.6) is 0 Å². The summed E-state index contributed by atoms with van der Waals surface area (Å²) >= 11 is 7.64. The summed E-state index contributed by atoms with van der Waals surface area (Å²) in [4.78, 5) is 1.16. The normalized spacial score (nSPS) is 16.6. The molecular formula is C11H14ClNS. The molecule has 0 aliphatic heterocycles. The summed E-state index contributed by atoms with van der Waals surface area (Å²) in [5.74, 6) is 0. The van der Waals surface area contributed by atoms with Gasteiger partial charge in [0.15, 0.2) is 0 Å². The summed E-state index contributed by atoms with van der Waals surface area (Å²) < 4.78 is 0. The highest BCUT2D eigenvalue weighted by Crippen LogP contribution is 2.23. The molecule has 2 rings (SSSR count). The fraction of sp³-hybridized carbons (Fsp3) is 0.455. The Labute approximate surface area is 93.8 Å². The molecule has 0 saturated heterocycles. The molecule has 0 amide bonds. The fourth-order valence-electron chi connectivity index (χ4n) is 1.27. The predicted octanol–water partition coefficient (Wildman–Crippen LogP) is 3.56. The van der Waals surface area contributed by atoms with Crippen molar-refractivity contribution in [2.24, 2.45) is 0 Å². The summed E-state index contributed by atoms with van der Waals surface area (Å²) in [6.07, 6.45) is 8.11. The van der Waals surface area contributed by atoms with Gasteiger partial charge in [-0.1, -0.05) is 17.7 Å². The van der Waals surface area contributed by atoms with E-state index in [2.05, 4.69) is 17.5 Å². The van der Waals surface area contributed by atoms with E-state index in [0.29, 0.717) is 0 Å². The van der Waals surface area contributed by atoms with Crippen LogP contribution in [0.2, 0.25) is 5.02 Å². The Hall–Kier alpha value is -0.310. The van der Waals surface area contributed by atoms with Gasteiger partial charge < -0.3 is 5.32 Å². The van der Waals surface area contributed by atoms with Gasteiger partial charge in [0.1, 0.15) is 0 Å². The van der Waals surface area contributed by atoms with Gasteiger partial charge in [-0.3, -0.25) is 0 Å². The van der Waals surface area contributed by atoms with E-state index in [1.807, 2.05) is 11.4 Å². The Bertz CT molecular complexity index is 315. The molecule has 1 aromatic rings. The molecule has 3 heteroatoms. The molecule has 0 unspecified atom stereocenters.